The average molecular weight is 603 g/mol. The molecule has 5 rings (SSSR count). The van der Waals surface area contributed by atoms with Gasteiger partial charge in [-0.15, -0.1) is 0 Å². The number of carbonyl (C=O) groups is 2. The number of allylic oxidation sites excluding steroid dienone is 4. The summed E-state index contributed by atoms with van der Waals surface area (Å²) in [4.78, 5) is 25.8. The van der Waals surface area contributed by atoms with E-state index < -0.39 is 0 Å². The second-order valence-corrected chi connectivity index (χ2v) is 13.6. The molecule has 3 nitrogen and oxygen atoms in total. The van der Waals surface area contributed by atoms with Crippen molar-refractivity contribution in [2.75, 3.05) is 0 Å². The van der Waals surface area contributed by atoms with Crippen molar-refractivity contribution >= 4 is 22.7 Å². The van der Waals surface area contributed by atoms with Gasteiger partial charge < -0.3 is 4.42 Å². The van der Waals surface area contributed by atoms with Crippen LogP contribution in [0, 0.1) is 32.6 Å². The second-order valence-electron chi connectivity index (χ2n) is 13.6. The molecule has 0 N–H and O–H groups in total. The maximum absolute atomic E-state index is 13.7. The number of ketones is 2. The van der Waals surface area contributed by atoms with E-state index in [9.17, 15) is 9.59 Å². The van der Waals surface area contributed by atoms with Crippen molar-refractivity contribution in [1.82, 2.24) is 0 Å². The highest BCUT2D eigenvalue weighted by Crippen LogP contribution is 2.39. The van der Waals surface area contributed by atoms with E-state index in [4.69, 9.17) is 4.42 Å². The van der Waals surface area contributed by atoms with Gasteiger partial charge in [0.1, 0.15) is 17.3 Å². The Labute approximate surface area is 270 Å². The van der Waals surface area contributed by atoms with Gasteiger partial charge in [0.05, 0.1) is 0 Å². The van der Waals surface area contributed by atoms with Crippen LogP contribution < -0.4 is 0 Å². The van der Waals surface area contributed by atoms with Crippen molar-refractivity contribution in [3.05, 3.63) is 118 Å². The van der Waals surface area contributed by atoms with Crippen molar-refractivity contribution < 1.29 is 14.0 Å². The number of furan rings is 1. The molecule has 0 aliphatic heterocycles. The Balaban J connectivity index is 1.35. The lowest BCUT2D eigenvalue weighted by atomic mass is 9.82. The van der Waals surface area contributed by atoms with Crippen LogP contribution in [0.5, 0.6) is 0 Å². The van der Waals surface area contributed by atoms with Gasteiger partial charge in [-0.3, -0.25) is 9.59 Å². The predicted octanol–water partition coefficient (Wildman–Crippen LogP) is 11.1. The van der Waals surface area contributed by atoms with Gasteiger partial charge >= 0.3 is 0 Å². The van der Waals surface area contributed by atoms with Crippen molar-refractivity contribution in [3.8, 4) is 0 Å². The van der Waals surface area contributed by atoms with Crippen LogP contribution in [-0.4, -0.2) is 11.6 Å². The van der Waals surface area contributed by atoms with E-state index in [1.54, 1.807) is 0 Å². The summed E-state index contributed by atoms with van der Waals surface area (Å²) in [6, 6.07) is 16.9. The highest BCUT2D eigenvalue weighted by atomic mass is 16.3. The number of carbonyl (C=O) groups excluding carboxylic acids is 2. The van der Waals surface area contributed by atoms with Crippen molar-refractivity contribution in [2.24, 2.45) is 11.8 Å². The number of hydrogen-bond acceptors (Lipinski definition) is 3. The van der Waals surface area contributed by atoms with Crippen LogP contribution in [0.3, 0.4) is 0 Å². The first-order chi connectivity index (χ1) is 21.6. The number of aryl methyl sites for hydroxylation is 3. The van der Waals surface area contributed by atoms with E-state index in [1.807, 2.05) is 26.0 Å². The molecule has 1 fully saturated rings. The van der Waals surface area contributed by atoms with Crippen molar-refractivity contribution in [2.45, 2.75) is 104 Å². The Morgan fingerprint density at radius 2 is 1.76 bits per heavy atom. The molecule has 0 saturated heterocycles. The smallest absolute Gasteiger partial charge is 0.165 e. The topological polar surface area (TPSA) is 47.3 Å². The second kappa shape index (κ2) is 14.6. The lowest BCUT2D eigenvalue weighted by molar-refractivity contribution is -0.120. The molecule has 2 unspecified atom stereocenters. The molecular formula is C42H50O3. The zero-order chi connectivity index (χ0) is 32.1. The molecule has 1 saturated carbocycles. The minimum absolute atomic E-state index is 0.0774. The maximum atomic E-state index is 13.7. The summed E-state index contributed by atoms with van der Waals surface area (Å²) >= 11 is 0. The molecule has 1 aromatic heterocycles. The molecule has 2 aliphatic rings. The van der Waals surface area contributed by atoms with Gasteiger partial charge in [-0.1, -0.05) is 62.9 Å². The van der Waals surface area contributed by atoms with E-state index in [2.05, 4.69) is 69.5 Å². The van der Waals surface area contributed by atoms with Crippen LogP contribution in [0.25, 0.3) is 11.1 Å². The summed E-state index contributed by atoms with van der Waals surface area (Å²) in [5.74, 6) is 2.73. The van der Waals surface area contributed by atoms with E-state index >= 15 is 0 Å². The number of rotatable bonds is 12. The molecule has 0 spiro atoms. The van der Waals surface area contributed by atoms with Gasteiger partial charge in [-0.25, -0.2) is 0 Å². The summed E-state index contributed by atoms with van der Waals surface area (Å²) in [5, 5.41) is 0. The third-order valence-corrected chi connectivity index (χ3v) is 10.3. The van der Waals surface area contributed by atoms with E-state index in [-0.39, 0.29) is 17.6 Å². The van der Waals surface area contributed by atoms with E-state index in [0.29, 0.717) is 18.1 Å². The molecule has 3 atom stereocenters. The zero-order valence-corrected chi connectivity index (χ0v) is 27.8. The molecule has 2 aromatic carbocycles. The van der Waals surface area contributed by atoms with Crippen LogP contribution >= 0.6 is 0 Å². The molecule has 0 amide bonds. The van der Waals surface area contributed by atoms with Gasteiger partial charge in [0.15, 0.2) is 5.78 Å². The molecule has 3 aromatic rings. The maximum Gasteiger partial charge on any atom is 0.165 e. The molecular weight excluding hydrogens is 552 g/mol. The molecule has 2 aliphatic carbocycles. The van der Waals surface area contributed by atoms with Crippen LogP contribution in [0.15, 0.2) is 77.8 Å². The molecule has 0 radical (unpaired) electrons. The summed E-state index contributed by atoms with van der Waals surface area (Å²) in [6.07, 6.45) is 12.7. The molecule has 45 heavy (non-hydrogen) atoms. The third-order valence-electron chi connectivity index (χ3n) is 10.3. The SMILES string of the molecule is C=C(Cc1cc(C(=O)[C@@H](C)CCCC2CCCC2=O)ccc1C1CCC=C(c2c(C)cccc2C)CC1)C(=C)c1ccc(C)o1. The summed E-state index contributed by atoms with van der Waals surface area (Å²) < 4.78 is 5.87. The summed E-state index contributed by atoms with van der Waals surface area (Å²) in [6.45, 7) is 17.1. The molecule has 236 valence electrons. The fourth-order valence-electron chi connectivity index (χ4n) is 7.59. The van der Waals surface area contributed by atoms with Gasteiger partial charge in [-0.05, 0) is 142 Å². The van der Waals surface area contributed by atoms with E-state index in [0.717, 1.165) is 92.4 Å². The number of Topliss-reactive ketones (excluding diaryl/α,β-unsaturated/α-hetero) is 2. The average Bonchev–Trinajstić information content (AvgIpc) is 3.56. The largest absolute Gasteiger partial charge is 0.461 e. The quantitative estimate of drug-likeness (QED) is 0.153. The van der Waals surface area contributed by atoms with Gasteiger partial charge in [-0.2, -0.15) is 0 Å². The minimum Gasteiger partial charge on any atom is -0.461 e. The Bertz CT molecular complexity index is 1590. The summed E-state index contributed by atoms with van der Waals surface area (Å²) in [5.41, 5.74) is 10.5. The lowest BCUT2D eigenvalue weighted by Crippen LogP contribution is -2.14. The molecule has 0 bridgehead atoms. The first kappa shape index (κ1) is 32.7. The predicted molar refractivity (Wildman–Crippen MR) is 187 cm³/mol. The molecule has 1 heterocycles. The Hall–Kier alpha value is -3.72. The van der Waals surface area contributed by atoms with Gasteiger partial charge in [0, 0.05) is 29.4 Å². The Kier molecular flexibility index (Phi) is 10.6. The normalized spacial score (nSPS) is 19.2. The van der Waals surface area contributed by atoms with Crippen LogP contribution in [0.2, 0.25) is 0 Å². The number of benzene rings is 2. The summed E-state index contributed by atoms with van der Waals surface area (Å²) in [7, 11) is 0. The van der Waals surface area contributed by atoms with E-state index in [1.165, 1.54) is 33.4 Å². The fourth-order valence-corrected chi connectivity index (χ4v) is 7.59. The van der Waals surface area contributed by atoms with Crippen LogP contribution in [0.1, 0.15) is 127 Å². The van der Waals surface area contributed by atoms with Crippen LogP contribution in [-0.2, 0) is 11.2 Å². The minimum atomic E-state index is -0.0774. The fraction of sp³-hybridized carbons (Fsp3) is 0.429. The van der Waals surface area contributed by atoms with Gasteiger partial charge in [0.2, 0.25) is 0 Å². The third kappa shape index (κ3) is 7.75. The highest BCUT2D eigenvalue weighted by Gasteiger charge is 2.26. The zero-order valence-electron chi connectivity index (χ0n) is 27.8. The van der Waals surface area contributed by atoms with Gasteiger partial charge in [0.25, 0.3) is 0 Å². The Morgan fingerprint density at radius 1 is 0.978 bits per heavy atom. The highest BCUT2D eigenvalue weighted by molar-refractivity contribution is 5.98. The first-order valence-electron chi connectivity index (χ1n) is 17.0. The monoisotopic (exact) mass is 602 g/mol. The molecule has 3 heteroatoms. The van der Waals surface area contributed by atoms with Crippen molar-refractivity contribution in [1.29, 1.82) is 0 Å². The van der Waals surface area contributed by atoms with Crippen molar-refractivity contribution in [3.63, 3.8) is 0 Å². The Morgan fingerprint density at radius 3 is 2.44 bits per heavy atom. The standard InChI is InChI=1S/C42H50O3/c1-27-11-7-12-28(2)41(27)35-17-9-14-33(20-21-35)38-23-22-36(42(44)29(3)13-8-15-34-16-10-18-39(34)43)26-37(38)25-30(4)32(6)40-24-19-31(5)45-40/h7,11-12,17,19,22-24,26,29,33-34H,4,6,8-10,13-16,18,20-21,25H2,1-3,5H3/t29-,33?,34?/m0/s1. The first-order valence-corrected chi connectivity index (χ1v) is 17.0. The lowest BCUT2D eigenvalue weighted by Gasteiger charge is -2.22. The number of hydrogen-bond donors (Lipinski definition) is 0. The van der Waals surface area contributed by atoms with Crippen LogP contribution in [0.4, 0.5) is 0 Å².